The van der Waals surface area contributed by atoms with Crippen LogP contribution in [0.4, 0.5) is 17.3 Å². The second kappa shape index (κ2) is 10.5. The molecule has 0 saturated carbocycles. The van der Waals surface area contributed by atoms with Crippen LogP contribution in [-0.4, -0.2) is 58.1 Å². The van der Waals surface area contributed by atoms with Crippen LogP contribution in [0.2, 0.25) is 0 Å². The topological polar surface area (TPSA) is 120 Å². The number of likely N-dealkylation sites (N-methyl/N-ethyl adjacent to an activating group) is 1. The highest BCUT2D eigenvalue weighted by Crippen LogP contribution is 2.31. The zero-order valence-electron chi connectivity index (χ0n) is 19.6. The van der Waals surface area contributed by atoms with E-state index >= 15 is 0 Å². The van der Waals surface area contributed by atoms with Crippen molar-refractivity contribution in [3.8, 4) is 23.1 Å². The van der Waals surface area contributed by atoms with Gasteiger partial charge in [0.1, 0.15) is 11.8 Å². The first-order valence-electron chi connectivity index (χ1n) is 10.8. The molecule has 0 saturated heterocycles. The quantitative estimate of drug-likeness (QED) is 0.377. The Hall–Kier alpha value is -4.75. The first-order valence-corrected chi connectivity index (χ1v) is 10.8. The zero-order chi connectivity index (χ0) is 24.8. The summed E-state index contributed by atoms with van der Waals surface area (Å²) in [5, 5.41) is 19.9. The van der Waals surface area contributed by atoms with Crippen LogP contribution in [0.5, 0.6) is 5.75 Å². The second-order valence-electron chi connectivity index (χ2n) is 7.85. The summed E-state index contributed by atoms with van der Waals surface area (Å²) in [5.41, 5.74) is 3.44. The largest absolute Gasteiger partial charge is 0.495 e. The number of methoxy groups -OCH3 is 1. The molecule has 3 aromatic heterocycles. The summed E-state index contributed by atoms with van der Waals surface area (Å²) in [6.07, 6.45) is 8.23. The van der Waals surface area contributed by atoms with Crippen molar-refractivity contribution in [2.45, 2.75) is 0 Å². The van der Waals surface area contributed by atoms with E-state index in [4.69, 9.17) is 4.74 Å². The Morgan fingerprint density at radius 1 is 1.26 bits per heavy atom. The van der Waals surface area contributed by atoms with Crippen LogP contribution >= 0.6 is 0 Å². The summed E-state index contributed by atoms with van der Waals surface area (Å²) in [6, 6.07) is 13.0. The average molecular weight is 469 g/mol. The zero-order valence-corrected chi connectivity index (χ0v) is 19.6. The van der Waals surface area contributed by atoms with Crippen LogP contribution in [0.25, 0.3) is 16.8 Å². The van der Waals surface area contributed by atoms with E-state index < -0.39 is 0 Å². The van der Waals surface area contributed by atoms with Crippen molar-refractivity contribution in [2.75, 3.05) is 38.4 Å². The maximum atomic E-state index is 12.2. The highest BCUT2D eigenvalue weighted by atomic mass is 16.5. The smallest absolute Gasteiger partial charge is 0.248 e. The van der Waals surface area contributed by atoms with Crippen molar-refractivity contribution in [2.24, 2.45) is 0 Å². The molecule has 4 aromatic rings. The van der Waals surface area contributed by atoms with E-state index in [0.29, 0.717) is 40.5 Å². The van der Waals surface area contributed by atoms with Crippen LogP contribution in [-0.2, 0) is 4.79 Å². The highest BCUT2D eigenvalue weighted by Gasteiger charge is 2.15. The van der Waals surface area contributed by atoms with Gasteiger partial charge >= 0.3 is 0 Å². The van der Waals surface area contributed by atoms with Crippen molar-refractivity contribution in [3.05, 3.63) is 72.7 Å². The number of anilines is 3. The molecule has 0 unspecified atom stereocenters. The molecule has 1 amide bonds. The van der Waals surface area contributed by atoms with E-state index in [9.17, 15) is 10.1 Å². The Morgan fingerprint density at radius 2 is 2.11 bits per heavy atom. The Kier molecular flexibility index (Phi) is 6.99. The van der Waals surface area contributed by atoms with Crippen molar-refractivity contribution < 1.29 is 9.53 Å². The Labute approximate surface area is 202 Å². The molecule has 0 atom stereocenters. The number of nitrogens with one attached hydrogen (secondary N) is 2. The molecular formula is C25H24N8O2. The summed E-state index contributed by atoms with van der Waals surface area (Å²) in [4.78, 5) is 23.1. The number of benzene rings is 1. The number of rotatable bonds is 8. The number of carbonyl (C=O) groups is 1. The van der Waals surface area contributed by atoms with Crippen LogP contribution in [0, 0.1) is 11.3 Å². The van der Waals surface area contributed by atoms with E-state index in [1.165, 1.54) is 12.3 Å². The lowest BCUT2D eigenvalue weighted by Crippen LogP contribution is -2.13. The van der Waals surface area contributed by atoms with Gasteiger partial charge in [0.25, 0.3) is 0 Å². The molecule has 0 bridgehead atoms. The van der Waals surface area contributed by atoms with E-state index in [1.54, 1.807) is 42.1 Å². The summed E-state index contributed by atoms with van der Waals surface area (Å²) in [7, 11) is 5.40. The summed E-state index contributed by atoms with van der Waals surface area (Å²) in [6.45, 7) is 0.661. The minimum Gasteiger partial charge on any atom is -0.495 e. The number of aromatic nitrogens is 4. The van der Waals surface area contributed by atoms with Crippen LogP contribution in [0.3, 0.4) is 0 Å². The molecule has 2 N–H and O–H groups in total. The first kappa shape index (κ1) is 23.4. The van der Waals surface area contributed by atoms with Gasteiger partial charge in [0.15, 0.2) is 0 Å². The molecule has 10 heteroatoms. The normalized spacial score (nSPS) is 11.1. The third-order valence-corrected chi connectivity index (χ3v) is 5.04. The minimum atomic E-state index is -0.243. The van der Waals surface area contributed by atoms with Crippen molar-refractivity contribution in [3.63, 3.8) is 0 Å². The minimum absolute atomic E-state index is 0.243. The Balaban J connectivity index is 1.63. The van der Waals surface area contributed by atoms with Gasteiger partial charge < -0.3 is 20.3 Å². The summed E-state index contributed by atoms with van der Waals surface area (Å²) in [5.74, 6) is 0.562. The van der Waals surface area contributed by atoms with Gasteiger partial charge in [-0.1, -0.05) is 12.1 Å². The van der Waals surface area contributed by atoms with Gasteiger partial charge in [-0.25, -0.2) is 14.5 Å². The molecule has 0 spiro atoms. The molecule has 4 rings (SSSR count). The number of ether oxygens (including phenoxy) is 1. The molecule has 0 radical (unpaired) electrons. The molecule has 176 valence electrons. The van der Waals surface area contributed by atoms with Gasteiger partial charge in [-0.2, -0.15) is 10.4 Å². The maximum absolute atomic E-state index is 12.2. The third kappa shape index (κ3) is 5.43. The number of amides is 1. The van der Waals surface area contributed by atoms with Crippen molar-refractivity contribution in [1.29, 1.82) is 5.26 Å². The predicted octanol–water partition coefficient (Wildman–Crippen LogP) is 3.47. The van der Waals surface area contributed by atoms with E-state index in [0.717, 1.165) is 5.52 Å². The predicted molar refractivity (Wildman–Crippen MR) is 134 cm³/mol. The lowest BCUT2D eigenvalue weighted by Gasteiger charge is -2.13. The molecule has 3 heterocycles. The Bertz CT molecular complexity index is 1440. The van der Waals surface area contributed by atoms with Gasteiger partial charge in [-0.15, -0.1) is 0 Å². The van der Waals surface area contributed by atoms with Crippen LogP contribution in [0.1, 0.15) is 5.56 Å². The molecule has 0 fully saturated rings. The molecule has 1 aromatic carbocycles. The fourth-order valence-electron chi connectivity index (χ4n) is 3.40. The number of nitrogens with zero attached hydrogens (tertiary/aromatic N) is 6. The maximum Gasteiger partial charge on any atom is 0.248 e. The monoisotopic (exact) mass is 468 g/mol. The van der Waals surface area contributed by atoms with Gasteiger partial charge in [-0.05, 0) is 44.4 Å². The van der Waals surface area contributed by atoms with Crippen LogP contribution < -0.4 is 15.4 Å². The fraction of sp³-hybridized carbons (Fsp3) is 0.160. The molecule has 0 aliphatic rings. The summed E-state index contributed by atoms with van der Waals surface area (Å²) < 4.78 is 7.17. The third-order valence-electron chi connectivity index (χ3n) is 5.04. The number of pyridine rings is 1. The number of hydrogen-bond acceptors (Lipinski definition) is 8. The summed E-state index contributed by atoms with van der Waals surface area (Å²) >= 11 is 0. The van der Waals surface area contributed by atoms with Crippen LogP contribution in [0.15, 0.2) is 67.1 Å². The molecule has 35 heavy (non-hydrogen) atoms. The second-order valence-corrected chi connectivity index (χ2v) is 7.85. The Morgan fingerprint density at radius 3 is 2.89 bits per heavy atom. The molecular weight excluding hydrogens is 444 g/mol. The van der Waals surface area contributed by atoms with Gasteiger partial charge in [0.2, 0.25) is 11.9 Å². The first-order chi connectivity index (χ1) is 17.0. The van der Waals surface area contributed by atoms with Crippen molar-refractivity contribution in [1.82, 2.24) is 24.5 Å². The van der Waals surface area contributed by atoms with Crippen molar-refractivity contribution >= 4 is 28.7 Å². The van der Waals surface area contributed by atoms with E-state index in [-0.39, 0.29) is 11.9 Å². The average Bonchev–Trinajstić information content (AvgIpc) is 3.28. The number of hydrogen-bond donors (Lipinski definition) is 2. The SMILES string of the molecule is COc1ccc(NC(=O)/C=C/CN(C)C)cc1Nc1ncc(C#N)c(-c2cnn3ccccc23)n1. The van der Waals surface area contributed by atoms with E-state index in [2.05, 4.69) is 31.8 Å². The lowest BCUT2D eigenvalue weighted by atomic mass is 10.1. The van der Waals surface area contributed by atoms with Gasteiger partial charge in [0, 0.05) is 30.1 Å². The number of fused-ring (bicyclic) bond motifs is 1. The van der Waals surface area contributed by atoms with E-state index in [1.807, 2.05) is 43.4 Å². The number of nitriles is 1. The van der Waals surface area contributed by atoms with Gasteiger partial charge in [0.05, 0.1) is 42.0 Å². The highest BCUT2D eigenvalue weighted by molar-refractivity contribution is 5.99. The molecule has 0 aliphatic carbocycles. The number of carbonyl (C=O) groups excluding carboxylic acids is 1. The standard InChI is InChI=1S/C25H24N8O2/c1-32(2)11-6-8-23(34)29-18-9-10-22(35-3)20(13-18)30-25-27-15-17(14-26)24(31-25)19-16-28-33-12-5-4-7-21(19)33/h4-10,12-13,15-16H,11H2,1-3H3,(H,29,34)(H,27,30,31)/b8-6+. The molecule has 10 nitrogen and oxygen atoms in total. The molecule has 0 aliphatic heterocycles. The van der Waals surface area contributed by atoms with Gasteiger partial charge in [-0.3, -0.25) is 4.79 Å². The lowest BCUT2D eigenvalue weighted by molar-refractivity contribution is -0.111. The fourth-order valence-corrected chi connectivity index (χ4v) is 3.40.